The Bertz CT molecular complexity index is 525. The number of ether oxygens (including phenoxy) is 2. The molecule has 0 bridgehead atoms. The Morgan fingerprint density at radius 3 is 2.78 bits per heavy atom. The molecule has 0 amide bonds. The summed E-state index contributed by atoms with van der Waals surface area (Å²) in [5.41, 5.74) is 7.72. The summed E-state index contributed by atoms with van der Waals surface area (Å²) >= 11 is 1.46. The van der Waals surface area contributed by atoms with Crippen molar-refractivity contribution in [2.45, 2.75) is 13.3 Å². The van der Waals surface area contributed by atoms with Crippen molar-refractivity contribution in [1.82, 2.24) is 4.98 Å². The number of benzene rings is 1. The van der Waals surface area contributed by atoms with Crippen LogP contribution in [-0.2, 0) is 6.42 Å². The highest BCUT2D eigenvalue weighted by Gasteiger charge is 2.07. The molecule has 0 unspecified atom stereocenters. The van der Waals surface area contributed by atoms with Gasteiger partial charge in [-0.15, -0.1) is 11.3 Å². The molecule has 2 aromatic rings. The maximum Gasteiger partial charge on any atom is 0.180 e. The molecule has 0 spiro atoms. The molecule has 18 heavy (non-hydrogen) atoms. The molecule has 4 nitrogen and oxygen atoms in total. The summed E-state index contributed by atoms with van der Waals surface area (Å²) in [5.74, 6) is 1.51. The standard InChI is InChI=1S/C13H16N2O2S/c1-3-17-11-5-4-9(7-12(11)16-2)6-10-8-18-13(14)15-10/h4-5,7-8H,3,6H2,1-2H3,(H2,14,15). The normalized spacial score (nSPS) is 10.3. The number of thiazole rings is 1. The number of nitrogen functional groups attached to an aromatic ring is 1. The summed E-state index contributed by atoms with van der Waals surface area (Å²) in [7, 11) is 1.64. The minimum Gasteiger partial charge on any atom is -0.493 e. The second-order valence-corrected chi connectivity index (χ2v) is 4.66. The first kappa shape index (κ1) is 12.7. The number of rotatable bonds is 5. The smallest absolute Gasteiger partial charge is 0.180 e. The van der Waals surface area contributed by atoms with Crippen molar-refractivity contribution in [2.24, 2.45) is 0 Å². The number of anilines is 1. The fraction of sp³-hybridized carbons (Fsp3) is 0.308. The first-order chi connectivity index (χ1) is 8.72. The van der Waals surface area contributed by atoms with E-state index in [9.17, 15) is 0 Å². The van der Waals surface area contributed by atoms with Gasteiger partial charge in [-0.2, -0.15) is 0 Å². The van der Waals surface area contributed by atoms with Crippen LogP contribution < -0.4 is 15.2 Å². The third-order valence-electron chi connectivity index (χ3n) is 2.48. The number of hydrogen-bond donors (Lipinski definition) is 1. The van der Waals surface area contributed by atoms with Crippen LogP contribution in [-0.4, -0.2) is 18.7 Å². The van der Waals surface area contributed by atoms with E-state index < -0.39 is 0 Å². The van der Waals surface area contributed by atoms with E-state index in [0.717, 1.165) is 29.2 Å². The lowest BCUT2D eigenvalue weighted by Crippen LogP contribution is -1.97. The van der Waals surface area contributed by atoms with Crippen molar-refractivity contribution in [3.05, 3.63) is 34.8 Å². The van der Waals surface area contributed by atoms with Crippen molar-refractivity contribution in [3.8, 4) is 11.5 Å². The molecular weight excluding hydrogens is 248 g/mol. The molecule has 0 fully saturated rings. The zero-order chi connectivity index (χ0) is 13.0. The van der Waals surface area contributed by atoms with E-state index in [2.05, 4.69) is 4.98 Å². The Labute approximate surface area is 110 Å². The third kappa shape index (κ3) is 2.92. The Morgan fingerprint density at radius 2 is 2.17 bits per heavy atom. The van der Waals surface area contributed by atoms with Crippen molar-refractivity contribution >= 4 is 16.5 Å². The Balaban J connectivity index is 2.19. The summed E-state index contributed by atoms with van der Waals surface area (Å²) in [4.78, 5) is 4.24. The zero-order valence-corrected chi connectivity index (χ0v) is 11.3. The molecule has 2 N–H and O–H groups in total. The summed E-state index contributed by atoms with van der Waals surface area (Å²) < 4.78 is 10.8. The van der Waals surface area contributed by atoms with E-state index in [1.54, 1.807) is 7.11 Å². The van der Waals surface area contributed by atoms with Crippen LogP contribution in [0, 0.1) is 0 Å². The molecule has 0 radical (unpaired) electrons. The van der Waals surface area contributed by atoms with Gasteiger partial charge in [0.1, 0.15) is 0 Å². The molecule has 1 aromatic heterocycles. The van der Waals surface area contributed by atoms with Crippen molar-refractivity contribution in [1.29, 1.82) is 0 Å². The van der Waals surface area contributed by atoms with Crippen LogP contribution in [0.1, 0.15) is 18.2 Å². The molecule has 96 valence electrons. The first-order valence-corrected chi connectivity index (χ1v) is 6.60. The number of aromatic nitrogens is 1. The second-order valence-electron chi connectivity index (χ2n) is 3.77. The van der Waals surface area contributed by atoms with Gasteiger partial charge in [0.2, 0.25) is 0 Å². The summed E-state index contributed by atoms with van der Waals surface area (Å²) in [6.45, 7) is 2.57. The monoisotopic (exact) mass is 264 g/mol. The van der Waals surface area contributed by atoms with Crippen molar-refractivity contribution in [3.63, 3.8) is 0 Å². The van der Waals surface area contributed by atoms with Gasteiger partial charge in [-0.1, -0.05) is 6.07 Å². The molecule has 1 heterocycles. The Hall–Kier alpha value is -1.75. The lowest BCUT2D eigenvalue weighted by Gasteiger charge is -2.10. The van der Waals surface area contributed by atoms with Crippen molar-refractivity contribution in [2.75, 3.05) is 19.5 Å². The van der Waals surface area contributed by atoms with Gasteiger partial charge in [-0.05, 0) is 24.6 Å². The van der Waals surface area contributed by atoms with Gasteiger partial charge < -0.3 is 15.2 Å². The van der Waals surface area contributed by atoms with Gasteiger partial charge in [0.15, 0.2) is 16.6 Å². The van der Waals surface area contributed by atoms with Crippen LogP contribution in [0.25, 0.3) is 0 Å². The van der Waals surface area contributed by atoms with E-state index >= 15 is 0 Å². The van der Waals surface area contributed by atoms with Crippen LogP contribution in [0.15, 0.2) is 23.6 Å². The number of hydrogen-bond acceptors (Lipinski definition) is 5. The second kappa shape index (κ2) is 5.73. The fourth-order valence-corrected chi connectivity index (χ4v) is 2.27. The van der Waals surface area contributed by atoms with Gasteiger partial charge in [-0.25, -0.2) is 4.98 Å². The van der Waals surface area contributed by atoms with Crippen LogP contribution >= 0.6 is 11.3 Å². The van der Waals surface area contributed by atoms with Gasteiger partial charge in [0.25, 0.3) is 0 Å². The Morgan fingerprint density at radius 1 is 1.33 bits per heavy atom. The number of nitrogens with two attached hydrogens (primary N) is 1. The van der Waals surface area contributed by atoms with Gasteiger partial charge in [-0.3, -0.25) is 0 Å². The topological polar surface area (TPSA) is 57.4 Å². The molecule has 5 heteroatoms. The lowest BCUT2D eigenvalue weighted by atomic mass is 10.1. The van der Waals surface area contributed by atoms with Crippen LogP contribution in [0.2, 0.25) is 0 Å². The minimum atomic E-state index is 0.600. The van der Waals surface area contributed by atoms with Gasteiger partial charge >= 0.3 is 0 Å². The van der Waals surface area contributed by atoms with E-state index in [1.165, 1.54) is 11.3 Å². The highest BCUT2D eigenvalue weighted by Crippen LogP contribution is 2.29. The zero-order valence-electron chi connectivity index (χ0n) is 10.5. The molecule has 2 rings (SSSR count). The van der Waals surface area contributed by atoms with E-state index in [1.807, 2.05) is 30.5 Å². The minimum absolute atomic E-state index is 0.600. The number of methoxy groups -OCH3 is 1. The predicted octanol–water partition coefficient (Wildman–Crippen LogP) is 2.72. The molecule has 1 aromatic carbocycles. The van der Waals surface area contributed by atoms with Gasteiger partial charge in [0.05, 0.1) is 19.4 Å². The lowest BCUT2D eigenvalue weighted by molar-refractivity contribution is 0.310. The summed E-state index contributed by atoms with van der Waals surface area (Å²) in [6, 6.07) is 5.91. The SMILES string of the molecule is CCOc1ccc(Cc2csc(N)n2)cc1OC. The van der Waals surface area contributed by atoms with E-state index in [0.29, 0.717) is 11.7 Å². The average Bonchev–Trinajstić information content (AvgIpc) is 2.77. The maximum absolute atomic E-state index is 5.61. The van der Waals surface area contributed by atoms with E-state index in [-0.39, 0.29) is 0 Å². The van der Waals surface area contributed by atoms with Crippen LogP contribution in [0.3, 0.4) is 0 Å². The largest absolute Gasteiger partial charge is 0.493 e. The third-order valence-corrected chi connectivity index (χ3v) is 3.21. The van der Waals surface area contributed by atoms with Gasteiger partial charge in [0, 0.05) is 11.8 Å². The predicted molar refractivity (Wildman–Crippen MR) is 73.5 cm³/mol. The molecule has 0 atom stereocenters. The van der Waals surface area contributed by atoms with Crippen LogP contribution in [0.4, 0.5) is 5.13 Å². The maximum atomic E-state index is 5.61. The quantitative estimate of drug-likeness (QED) is 0.902. The molecule has 0 saturated carbocycles. The summed E-state index contributed by atoms with van der Waals surface area (Å²) in [5, 5.41) is 2.57. The van der Waals surface area contributed by atoms with Crippen molar-refractivity contribution < 1.29 is 9.47 Å². The molecule has 0 aliphatic heterocycles. The molecule has 0 aliphatic carbocycles. The highest BCUT2D eigenvalue weighted by atomic mass is 32.1. The Kier molecular flexibility index (Phi) is 4.04. The fourth-order valence-electron chi connectivity index (χ4n) is 1.71. The molecule has 0 aliphatic rings. The first-order valence-electron chi connectivity index (χ1n) is 5.72. The van der Waals surface area contributed by atoms with E-state index in [4.69, 9.17) is 15.2 Å². The molecular formula is C13H16N2O2S. The highest BCUT2D eigenvalue weighted by molar-refractivity contribution is 7.13. The molecule has 0 saturated heterocycles. The van der Waals surface area contributed by atoms with Crippen LogP contribution in [0.5, 0.6) is 11.5 Å². The summed E-state index contributed by atoms with van der Waals surface area (Å²) in [6.07, 6.45) is 0.746. The average molecular weight is 264 g/mol. The number of nitrogens with zero attached hydrogens (tertiary/aromatic N) is 1.